The molecule has 0 aliphatic carbocycles. The number of fused-ring (bicyclic) bond motifs is 2. The molecule has 10 nitrogen and oxygen atoms in total. The van der Waals surface area contributed by atoms with Crippen LogP contribution in [0, 0.1) is 5.82 Å². The van der Waals surface area contributed by atoms with E-state index in [0.717, 1.165) is 16.5 Å². The second-order valence-electron chi connectivity index (χ2n) is 11.1. The van der Waals surface area contributed by atoms with E-state index in [4.69, 9.17) is 18.9 Å². The summed E-state index contributed by atoms with van der Waals surface area (Å²) < 4.78 is 40.1. The molecule has 0 unspecified atom stereocenters. The second kappa shape index (κ2) is 14.3. The number of carbonyl (C=O) groups excluding carboxylic acids is 2. The predicted molar refractivity (Wildman–Crippen MR) is 183 cm³/mol. The second-order valence-corrected chi connectivity index (χ2v) is 12.1. The molecule has 12 heteroatoms. The van der Waals surface area contributed by atoms with Crippen LogP contribution in [0.15, 0.2) is 94.0 Å². The summed E-state index contributed by atoms with van der Waals surface area (Å²) in [6.45, 7) is 5.65. The Morgan fingerprint density at radius 1 is 1.00 bits per heavy atom. The van der Waals surface area contributed by atoms with Crippen molar-refractivity contribution >= 4 is 40.3 Å². The number of halogens is 1. The van der Waals surface area contributed by atoms with Gasteiger partial charge in [-0.15, -0.1) is 0 Å². The number of rotatable bonds is 11. The van der Waals surface area contributed by atoms with Gasteiger partial charge in [0.05, 0.1) is 48.7 Å². The molecule has 0 amide bonds. The molecule has 6 rings (SSSR count). The highest BCUT2D eigenvalue weighted by molar-refractivity contribution is 7.07. The van der Waals surface area contributed by atoms with Crippen LogP contribution in [-0.4, -0.2) is 48.0 Å². The van der Waals surface area contributed by atoms with E-state index in [1.54, 1.807) is 63.2 Å². The Morgan fingerprint density at radius 3 is 2.53 bits per heavy atom. The van der Waals surface area contributed by atoms with Crippen LogP contribution in [0.1, 0.15) is 43.5 Å². The molecule has 49 heavy (non-hydrogen) atoms. The minimum atomic E-state index is -0.895. The van der Waals surface area contributed by atoms with Crippen molar-refractivity contribution < 1.29 is 32.9 Å². The Kier molecular flexibility index (Phi) is 9.77. The fourth-order valence-corrected chi connectivity index (χ4v) is 6.89. The van der Waals surface area contributed by atoms with E-state index in [9.17, 15) is 18.8 Å². The van der Waals surface area contributed by atoms with E-state index in [1.165, 1.54) is 29.1 Å². The van der Waals surface area contributed by atoms with Crippen LogP contribution in [0.4, 0.5) is 4.39 Å². The number of allylic oxidation sites excluding steroid dienone is 1. The number of methoxy groups -OCH3 is 1. The minimum Gasteiger partial charge on any atom is -0.490 e. The summed E-state index contributed by atoms with van der Waals surface area (Å²) in [5.74, 6) is -0.820. The Morgan fingerprint density at radius 2 is 1.78 bits per heavy atom. The molecule has 0 saturated heterocycles. The van der Waals surface area contributed by atoms with Crippen molar-refractivity contribution in [2.24, 2.45) is 4.99 Å². The first-order valence-electron chi connectivity index (χ1n) is 15.7. The van der Waals surface area contributed by atoms with Crippen molar-refractivity contribution in [3.63, 3.8) is 0 Å². The van der Waals surface area contributed by atoms with Gasteiger partial charge in [-0.05, 0) is 56.7 Å². The van der Waals surface area contributed by atoms with Gasteiger partial charge in [0.15, 0.2) is 22.9 Å². The Bertz CT molecular complexity index is 2280. The van der Waals surface area contributed by atoms with Gasteiger partial charge in [0.1, 0.15) is 5.82 Å². The quantitative estimate of drug-likeness (QED) is 0.183. The molecule has 3 aromatic carbocycles. The van der Waals surface area contributed by atoms with E-state index in [-0.39, 0.29) is 30.2 Å². The molecule has 252 valence electrons. The normalized spacial score (nSPS) is 14.4. The molecule has 0 fully saturated rings. The number of hydrogen-bond acceptors (Lipinski definition) is 9. The zero-order valence-electron chi connectivity index (χ0n) is 27.4. The maximum atomic E-state index is 14.6. The molecular formula is C37H34FN3O7S. The molecular weight excluding hydrogens is 649 g/mol. The molecule has 0 N–H and O–H groups in total. The average Bonchev–Trinajstić information content (AvgIpc) is 3.60. The highest BCUT2D eigenvalue weighted by Crippen LogP contribution is 2.36. The lowest BCUT2D eigenvalue weighted by Crippen LogP contribution is -2.40. The number of carbonyl (C=O) groups is 2. The molecule has 1 aliphatic heterocycles. The number of para-hydroxylation sites is 1. The van der Waals surface area contributed by atoms with E-state index >= 15 is 0 Å². The van der Waals surface area contributed by atoms with Crippen molar-refractivity contribution in [1.29, 1.82) is 0 Å². The Hall–Kier alpha value is -5.49. The summed E-state index contributed by atoms with van der Waals surface area (Å²) in [4.78, 5) is 44.6. The topological polar surface area (TPSA) is 110 Å². The minimum absolute atomic E-state index is 0.133. The van der Waals surface area contributed by atoms with Crippen LogP contribution in [0.25, 0.3) is 17.0 Å². The zero-order chi connectivity index (χ0) is 34.7. The first-order valence-corrected chi connectivity index (χ1v) is 16.5. The SMILES string of the molecule is CCOC(=O)C1=C(C)N=c2s/c(=C/c3cn(Cc4ccccc4F)c4ccccc34)c(=O)n2[C@H]1c1ccc(OCC(=O)OC)c(OCC)c1. The number of esters is 2. The number of thiazole rings is 1. The number of benzene rings is 3. The van der Waals surface area contributed by atoms with Gasteiger partial charge in [-0.2, -0.15) is 0 Å². The summed E-state index contributed by atoms with van der Waals surface area (Å²) in [6.07, 6.45) is 3.71. The number of hydrogen-bond donors (Lipinski definition) is 0. The van der Waals surface area contributed by atoms with Crippen LogP contribution in [0.3, 0.4) is 0 Å². The summed E-state index contributed by atoms with van der Waals surface area (Å²) in [5, 5.41) is 0.897. The Balaban J connectivity index is 1.49. The number of nitrogens with zero attached hydrogens (tertiary/aromatic N) is 3. The summed E-state index contributed by atoms with van der Waals surface area (Å²) in [7, 11) is 1.27. The maximum absolute atomic E-state index is 14.6. The summed E-state index contributed by atoms with van der Waals surface area (Å²) in [5.41, 5.74) is 3.05. The van der Waals surface area contributed by atoms with Gasteiger partial charge in [0.25, 0.3) is 5.56 Å². The monoisotopic (exact) mass is 683 g/mol. The number of aromatic nitrogens is 2. The van der Waals surface area contributed by atoms with E-state index in [2.05, 4.69) is 4.99 Å². The van der Waals surface area contributed by atoms with E-state index in [0.29, 0.717) is 50.8 Å². The molecule has 1 aliphatic rings. The van der Waals surface area contributed by atoms with Gasteiger partial charge in [0, 0.05) is 28.2 Å². The molecule has 0 bridgehead atoms. The first kappa shape index (κ1) is 33.4. The third-order valence-electron chi connectivity index (χ3n) is 8.08. The lowest BCUT2D eigenvalue weighted by molar-refractivity contribution is -0.143. The lowest BCUT2D eigenvalue weighted by atomic mass is 9.95. The molecule has 1 atom stereocenters. The van der Waals surface area contributed by atoms with Crippen molar-refractivity contribution in [2.75, 3.05) is 26.9 Å². The van der Waals surface area contributed by atoms with Gasteiger partial charge in [-0.1, -0.05) is 53.8 Å². The highest BCUT2D eigenvalue weighted by atomic mass is 32.1. The molecule has 0 spiro atoms. The fraction of sp³-hybridized carbons (Fsp3) is 0.243. The molecule has 0 saturated carbocycles. The van der Waals surface area contributed by atoms with Gasteiger partial charge in [0.2, 0.25) is 0 Å². The van der Waals surface area contributed by atoms with Gasteiger partial charge in [-0.3, -0.25) is 9.36 Å². The van der Waals surface area contributed by atoms with Crippen molar-refractivity contribution in [3.8, 4) is 11.5 Å². The third-order valence-corrected chi connectivity index (χ3v) is 9.06. The van der Waals surface area contributed by atoms with Gasteiger partial charge in [-0.25, -0.2) is 19.0 Å². The van der Waals surface area contributed by atoms with Crippen molar-refractivity contribution in [3.05, 3.63) is 126 Å². The highest BCUT2D eigenvalue weighted by Gasteiger charge is 2.34. The maximum Gasteiger partial charge on any atom is 0.343 e. The Labute approximate surface area is 284 Å². The number of ether oxygens (including phenoxy) is 4. The van der Waals surface area contributed by atoms with Crippen LogP contribution in [0.2, 0.25) is 0 Å². The average molecular weight is 684 g/mol. The predicted octanol–water partition coefficient (Wildman–Crippen LogP) is 4.89. The van der Waals surface area contributed by atoms with Crippen LogP contribution >= 0.6 is 11.3 Å². The molecule has 2 aromatic heterocycles. The van der Waals surface area contributed by atoms with Gasteiger partial charge < -0.3 is 23.5 Å². The van der Waals surface area contributed by atoms with Gasteiger partial charge >= 0.3 is 11.9 Å². The van der Waals surface area contributed by atoms with Crippen molar-refractivity contribution in [2.45, 2.75) is 33.4 Å². The zero-order valence-corrected chi connectivity index (χ0v) is 28.2. The smallest absolute Gasteiger partial charge is 0.343 e. The summed E-state index contributed by atoms with van der Waals surface area (Å²) >= 11 is 1.21. The van der Waals surface area contributed by atoms with Crippen molar-refractivity contribution in [1.82, 2.24) is 9.13 Å². The van der Waals surface area contributed by atoms with Crippen LogP contribution in [0.5, 0.6) is 11.5 Å². The largest absolute Gasteiger partial charge is 0.490 e. The van der Waals surface area contributed by atoms with Crippen LogP contribution < -0.4 is 24.4 Å². The van der Waals surface area contributed by atoms with E-state index in [1.807, 2.05) is 35.0 Å². The standard InChI is InChI=1S/C37H34FN3O7S/c1-5-46-30-17-23(15-16-29(30)48-21-32(42)45-4)34-33(36(44)47-6-2)22(3)39-37-41(34)35(43)31(49-37)18-25-20-40(28-14-10-8-12-26(25)28)19-24-11-7-9-13-27(24)38/h7-18,20,34H,5-6,19,21H2,1-4H3/b31-18+/t34-/m0/s1. The fourth-order valence-electron chi connectivity index (χ4n) is 5.86. The summed E-state index contributed by atoms with van der Waals surface area (Å²) in [6, 6.07) is 18.5. The van der Waals surface area contributed by atoms with Crippen LogP contribution in [-0.2, 0) is 25.6 Å². The third kappa shape index (κ3) is 6.64. The van der Waals surface area contributed by atoms with E-state index < -0.39 is 18.0 Å². The molecule has 5 aromatic rings. The first-order chi connectivity index (χ1) is 23.7. The molecule has 3 heterocycles. The lowest BCUT2D eigenvalue weighted by Gasteiger charge is -2.25. The molecule has 0 radical (unpaired) electrons.